The summed E-state index contributed by atoms with van der Waals surface area (Å²) < 4.78 is 15.8. The molecular formula is C24H20ClNO6S. The lowest BCUT2D eigenvalue weighted by Gasteiger charge is -2.24. The number of nitrogens with zero attached hydrogens (tertiary/aromatic N) is 1. The van der Waals surface area contributed by atoms with E-state index in [9.17, 15) is 14.7 Å². The number of amides is 1. The fraction of sp³-hybridized carbons (Fsp3) is 0.167. The first-order valence-corrected chi connectivity index (χ1v) is 11.1. The minimum absolute atomic E-state index is 0.0547. The number of methoxy groups -OCH3 is 3. The van der Waals surface area contributed by atoms with Gasteiger partial charge in [-0.3, -0.25) is 14.5 Å². The molecule has 0 radical (unpaired) electrons. The van der Waals surface area contributed by atoms with E-state index in [0.29, 0.717) is 16.3 Å². The van der Waals surface area contributed by atoms with Crippen LogP contribution in [0.5, 0.6) is 17.2 Å². The fourth-order valence-corrected chi connectivity index (χ4v) is 4.80. The Morgan fingerprint density at radius 3 is 2.27 bits per heavy atom. The van der Waals surface area contributed by atoms with Gasteiger partial charge in [-0.1, -0.05) is 17.7 Å². The molecule has 0 bridgehead atoms. The van der Waals surface area contributed by atoms with Crippen LogP contribution in [0.25, 0.3) is 5.76 Å². The van der Waals surface area contributed by atoms with Crippen molar-refractivity contribution in [1.29, 1.82) is 0 Å². The number of hydrogen-bond acceptors (Lipinski definition) is 7. The molecule has 3 aromatic rings. The quantitative estimate of drug-likeness (QED) is 0.298. The van der Waals surface area contributed by atoms with Gasteiger partial charge in [0.1, 0.15) is 29.0 Å². The third-order valence-corrected chi connectivity index (χ3v) is 6.56. The van der Waals surface area contributed by atoms with E-state index in [1.165, 1.54) is 42.6 Å². The Hall–Kier alpha value is -3.49. The number of aliphatic hydroxyl groups is 1. The van der Waals surface area contributed by atoms with E-state index in [1.807, 2.05) is 17.5 Å². The number of Topliss-reactive ketones (excluding diaryl/α,β-unsaturated/α-hetero) is 1. The van der Waals surface area contributed by atoms with E-state index in [0.717, 1.165) is 0 Å². The number of rotatable bonds is 6. The number of carbonyl (C=O) groups excluding carboxylic acids is 2. The molecule has 33 heavy (non-hydrogen) atoms. The molecule has 1 amide bonds. The highest BCUT2D eigenvalue weighted by Crippen LogP contribution is 2.45. The highest BCUT2D eigenvalue weighted by molar-refractivity contribution is 7.10. The van der Waals surface area contributed by atoms with E-state index in [4.69, 9.17) is 25.8 Å². The molecule has 1 fully saturated rings. The highest BCUT2D eigenvalue weighted by atomic mass is 35.5. The maximum Gasteiger partial charge on any atom is 0.300 e. The summed E-state index contributed by atoms with van der Waals surface area (Å²) in [5.74, 6) is -0.803. The molecule has 2 aromatic carbocycles. The second kappa shape index (κ2) is 9.17. The Bertz CT molecular complexity index is 1240. The average Bonchev–Trinajstić information content (AvgIpc) is 3.45. The zero-order chi connectivity index (χ0) is 23.7. The van der Waals surface area contributed by atoms with E-state index in [-0.39, 0.29) is 33.4 Å². The van der Waals surface area contributed by atoms with Crippen molar-refractivity contribution in [2.45, 2.75) is 6.04 Å². The average molecular weight is 486 g/mol. The zero-order valence-corrected chi connectivity index (χ0v) is 19.6. The first-order valence-electron chi connectivity index (χ1n) is 9.81. The van der Waals surface area contributed by atoms with Gasteiger partial charge in [-0.15, -0.1) is 11.3 Å². The van der Waals surface area contributed by atoms with Crippen LogP contribution >= 0.6 is 22.9 Å². The molecule has 1 aliphatic heterocycles. The molecule has 1 aliphatic rings. The first-order chi connectivity index (χ1) is 15.9. The second-order valence-corrected chi connectivity index (χ2v) is 8.46. The predicted molar refractivity (Wildman–Crippen MR) is 127 cm³/mol. The summed E-state index contributed by atoms with van der Waals surface area (Å²) >= 11 is 7.57. The Labute approximate surface area is 199 Å². The van der Waals surface area contributed by atoms with Crippen LogP contribution in [0.1, 0.15) is 16.5 Å². The van der Waals surface area contributed by atoms with Crippen LogP contribution in [0, 0.1) is 0 Å². The molecule has 1 N–H and O–H groups in total. The number of hydrogen-bond donors (Lipinski definition) is 1. The van der Waals surface area contributed by atoms with Gasteiger partial charge < -0.3 is 19.3 Å². The number of carbonyl (C=O) groups is 2. The molecule has 1 unspecified atom stereocenters. The molecule has 9 heteroatoms. The standard InChI is InChI=1S/C24H20ClNO6S/c1-30-14-8-6-13(7-9-14)26-21(19-5-4-10-33-19)20(23(28)24(26)29)22(27)15-11-18(32-3)16(25)12-17(15)31-2/h4-12,21,27H,1-3H3/b22-20+. The van der Waals surface area contributed by atoms with Gasteiger partial charge in [0.2, 0.25) is 0 Å². The van der Waals surface area contributed by atoms with Gasteiger partial charge in [-0.25, -0.2) is 0 Å². The van der Waals surface area contributed by atoms with Crippen molar-refractivity contribution in [3.63, 3.8) is 0 Å². The number of halogens is 1. The SMILES string of the molecule is COc1ccc(N2C(=O)C(=O)/C(=C(/O)c3cc(OC)c(Cl)cc3OC)C2c2cccs2)cc1. The van der Waals surface area contributed by atoms with Crippen LogP contribution in [-0.4, -0.2) is 38.1 Å². The monoisotopic (exact) mass is 485 g/mol. The minimum Gasteiger partial charge on any atom is -0.507 e. The van der Waals surface area contributed by atoms with E-state index in [1.54, 1.807) is 31.4 Å². The highest BCUT2D eigenvalue weighted by Gasteiger charge is 2.47. The summed E-state index contributed by atoms with van der Waals surface area (Å²) in [6.07, 6.45) is 0. The lowest BCUT2D eigenvalue weighted by Crippen LogP contribution is -2.29. The molecule has 7 nitrogen and oxygen atoms in total. The number of ketones is 1. The van der Waals surface area contributed by atoms with Crippen LogP contribution in [-0.2, 0) is 9.59 Å². The lowest BCUT2D eigenvalue weighted by atomic mass is 9.99. The van der Waals surface area contributed by atoms with Crippen molar-refractivity contribution in [2.75, 3.05) is 26.2 Å². The Morgan fingerprint density at radius 1 is 1.00 bits per heavy atom. The van der Waals surface area contributed by atoms with Crippen molar-refractivity contribution < 1.29 is 28.9 Å². The Kier molecular flexibility index (Phi) is 6.31. The summed E-state index contributed by atoms with van der Waals surface area (Å²) in [4.78, 5) is 28.5. The van der Waals surface area contributed by atoms with Crippen LogP contribution in [0.4, 0.5) is 5.69 Å². The second-order valence-electron chi connectivity index (χ2n) is 7.07. The van der Waals surface area contributed by atoms with Crippen LogP contribution in [0.3, 0.4) is 0 Å². The Morgan fingerprint density at radius 2 is 1.70 bits per heavy atom. The molecule has 2 heterocycles. The van der Waals surface area contributed by atoms with E-state index < -0.39 is 17.7 Å². The van der Waals surface area contributed by atoms with Gasteiger partial charge in [0.15, 0.2) is 0 Å². The molecule has 0 spiro atoms. The van der Waals surface area contributed by atoms with E-state index >= 15 is 0 Å². The Balaban J connectivity index is 1.94. The van der Waals surface area contributed by atoms with Crippen LogP contribution < -0.4 is 19.1 Å². The molecule has 1 saturated heterocycles. The molecule has 170 valence electrons. The molecular weight excluding hydrogens is 466 g/mol. The molecule has 0 saturated carbocycles. The molecule has 4 rings (SSSR count). The first kappa shape index (κ1) is 22.7. The summed E-state index contributed by atoms with van der Waals surface area (Å²) in [7, 11) is 4.40. The van der Waals surface area contributed by atoms with Crippen molar-refractivity contribution in [1.82, 2.24) is 0 Å². The predicted octanol–water partition coefficient (Wildman–Crippen LogP) is 5.05. The fourth-order valence-electron chi connectivity index (χ4n) is 3.75. The maximum absolute atomic E-state index is 13.2. The normalized spacial score (nSPS) is 17.3. The number of thiophene rings is 1. The minimum atomic E-state index is -0.829. The molecule has 1 atom stereocenters. The summed E-state index contributed by atoms with van der Waals surface area (Å²) in [6, 6.07) is 12.5. The van der Waals surface area contributed by atoms with Crippen molar-refractivity contribution in [3.8, 4) is 17.2 Å². The third kappa shape index (κ3) is 3.92. The van der Waals surface area contributed by atoms with E-state index in [2.05, 4.69) is 0 Å². The maximum atomic E-state index is 13.2. The topological polar surface area (TPSA) is 85.3 Å². The third-order valence-electron chi connectivity index (χ3n) is 5.34. The van der Waals surface area contributed by atoms with Crippen molar-refractivity contribution in [3.05, 3.63) is 74.9 Å². The number of aliphatic hydroxyl groups excluding tert-OH is 1. The van der Waals surface area contributed by atoms with Crippen molar-refractivity contribution in [2.24, 2.45) is 0 Å². The molecule has 0 aliphatic carbocycles. The number of ether oxygens (including phenoxy) is 3. The number of anilines is 1. The van der Waals surface area contributed by atoms with Gasteiger partial charge in [0, 0.05) is 16.6 Å². The smallest absolute Gasteiger partial charge is 0.300 e. The summed E-state index contributed by atoms with van der Waals surface area (Å²) in [6.45, 7) is 0. The van der Waals surface area contributed by atoms with Crippen LogP contribution in [0.2, 0.25) is 5.02 Å². The van der Waals surface area contributed by atoms with Gasteiger partial charge in [-0.2, -0.15) is 0 Å². The number of benzene rings is 2. The van der Waals surface area contributed by atoms with Crippen LogP contribution in [0.15, 0.2) is 59.5 Å². The van der Waals surface area contributed by atoms with Gasteiger partial charge in [-0.05, 0) is 41.8 Å². The summed E-state index contributed by atoms with van der Waals surface area (Å²) in [5.41, 5.74) is 0.630. The summed E-state index contributed by atoms with van der Waals surface area (Å²) in [5, 5.41) is 13.5. The van der Waals surface area contributed by atoms with Gasteiger partial charge in [0.25, 0.3) is 11.7 Å². The molecule has 1 aromatic heterocycles. The zero-order valence-electron chi connectivity index (χ0n) is 18.0. The van der Waals surface area contributed by atoms with Crippen molar-refractivity contribution >= 4 is 46.1 Å². The van der Waals surface area contributed by atoms with Gasteiger partial charge in [0.05, 0.1) is 37.5 Å². The van der Waals surface area contributed by atoms with Gasteiger partial charge >= 0.3 is 0 Å². The largest absolute Gasteiger partial charge is 0.507 e. The lowest BCUT2D eigenvalue weighted by molar-refractivity contribution is -0.132.